The van der Waals surface area contributed by atoms with Crippen molar-refractivity contribution in [2.24, 2.45) is 0 Å². The first-order chi connectivity index (χ1) is 17.4. The Balaban J connectivity index is 1.43. The predicted octanol–water partition coefficient (Wildman–Crippen LogP) is 5.55. The number of benzene rings is 2. The van der Waals surface area contributed by atoms with Gasteiger partial charge < -0.3 is 10.5 Å². The first-order valence-corrected chi connectivity index (χ1v) is 12.2. The van der Waals surface area contributed by atoms with Gasteiger partial charge in [0.15, 0.2) is 5.82 Å². The molecule has 0 saturated carbocycles. The van der Waals surface area contributed by atoms with Crippen molar-refractivity contribution in [2.75, 3.05) is 25.4 Å². The number of anilines is 1. The fraction of sp³-hybridized carbons (Fsp3) is 0.321. The molecule has 184 valence electrons. The van der Waals surface area contributed by atoms with Crippen LogP contribution in [0.4, 0.5) is 14.6 Å². The molecule has 2 aromatic carbocycles. The fourth-order valence-electron chi connectivity index (χ4n) is 5.85. The van der Waals surface area contributed by atoms with Crippen molar-refractivity contribution in [2.45, 2.75) is 37.9 Å². The molecule has 2 atom stereocenters. The highest BCUT2D eigenvalue weighted by Gasteiger charge is 2.49. The van der Waals surface area contributed by atoms with E-state index in [1.54, 1.807) is 0 Å². The van der Waals surface area contributed by atoms with Crippen LogP contribution < -0.4 is 10.5 Å². The number of nitrogens with two attached hydrogens (primary N) is 1. The van der Waals surface area contributed by atoms with E-state index in [1.807, 2.05) is 43.3 Å². The Labute approximate surface area is 207 Å². The van der Waals surface area contributed by atoms with Crippen LogP contribution in [0.1, 0.15) is 31.7 Å². The maximum Gasteiger partial charge on any atom is 0.319 e. The van der Waals surface area contributed by atoms with Crippen LogP contribution in [0.5, 0.6) is 6.01 Å². The number of fused-ring (bicyclic) bond motifs is 3. The Morgan fingerprint density at radius 2 is 2.06 bits per heavy atom. The third-order valence-corrected chi connectivity index (χ3v) is 7.54. The molecule has 0 amide bonds. The standard InChI is InChI=1S/C28H27F2N5O/c1-16(2)19-8-3-6-17-7-4-9-20(22(17)19)24-23(30)25-21(13-32-24)26(31)34-27(33-25)36-15-28-10-5-11-35(28)14-18(29)12-28/h3-4,6-9,13,18H,1,5,10-12,14-15H2,2H3,(H2,31,33,34)/t18-,28+/m1/s1. The predicted molar refractivity (Wildman–Crippen MR) is 138 cm³/mol. The van der Waals surface area contributed by atoms with Crippen LogP contribution in [-0.4, -0.2) is 51.3 Å². The van der Waals surface area contributed by atoms with E-state index in [2.05, 4.69) is 26.4 Å². The summed E-state index contributed by atoms with van der Waals surface area (Å²) in [5.41, 5.74) is 8.46. The minimum Gasteiger partial charge on any atom is -0.461 e. The minimum atomic E-state index is -0.868. The lowest BCUT2D eigenvalue weighted by atomic mass is 9.94. The zero-order chi connectivity index (χ0) is 25.0. The number of halogens is 2. The number of alkyl halides is 1. The number of ether oxygens (including phenoxy) is 1. The van der Waals surface area contributed by atoms with Crippen molar-refractivity contribution in [1.82, 2.24) is 19.9 Å². The van der Waals surface area contributed by atoms with Gasteiger partial charge in [0.25, 0.3) is 0 Å². The highest BCUT2D eigenvalue weighted by molar-refractivity contribution is 6.04. The molecule has 4 aromatic rings. The summed E-state index contributed by atoms with van der Waals surface area (Å²) in [7, 11) is 0. The van der Waals surface area contributed by atoms with Crippen LogP contribution in [0.15, 0.2) is 49.2 Å². The van der Waals surface area contributed by atoms with E-state index in [1.165, 1.54) is 6.20 Å². The Bertz CT molecular complexity index is 1520. The summed E-state index contributed by atoms with van der Waals surface area (Å²) < 4.78 is 36.1. The van der Waals surface area contributed by atoms with Gasteiger partial charge in [-0.3, -0.25) is 9.88 Å². The number of pyridine rings is 1. The topological polar surface area (TPSA) is 77.2 Å². The summed E-state index contributed by atoms with van der Waals surface area (Å²) in [5, 5.41) is 2.15. The largest absolute Gasteiger partial charge is 0.461 e. The second kappa shape index (κ2) is 8.48. The summed E-state index contributed by atoms with van der Waals surface area (Å²) in [6.07, 6.45) is 2.90. The molecule has 0 spiro atoms. The van der Waals surface area contributed by atoms with Gasteiger partial charge in [0.2, 0.25) is 0 Å². The Kier molecular flexibility index (Phi) is 5.37. The summed E-state index contributed by atoms with van der Waals surface area (Å²) >= 11 is 0. The molecular weight excluding hydrogens is 460 g/mol. The molecule has 2 fully saturated rings. The van der Waals surface area contributed by atoms with Crippen LogP contribution in [0, 0.1) is 5.82 Å². The molecule has 36 heavy (non-hydrogen) atoms. The van der Waals surface area contributed by atoms with E-state index in [-0.39, 0.29) is 35.2 Å². The number of nitrogens with zero attached hydrogens (tertiary/aromatic N) is 4. The van der Waals surface area contributed by atoms with E-state index in [9.17, 15) is 4.39 Å². The van der Waals surface area contributed by atoms with Crippen molar-refractivity contribution in [3.63, 3.8) is 0 Å². The van der Waals surface area contributed by atoms with Crippen LogP contribution in [0.25, 0.3) is 38.5 Å². The molecule has 0 aliphatic carbocycles. The lowest BCUT2D eigenvalue weighted by Crippen LogP contribution is -2.43. The Hall–Kier alpha value is -3.65. The second-order valence-electron chi connectivity index (χ2n) is 9.93. The Morgan fingerprint density at radius 3 is 2.86 bits per heavy atom. The Morgan fingerprint density at radius 1 is 1.25 bits per heavy atom. The van der Waals surface area contributed by atoms with Gasteiger partial charge in [-0.1, -0.05) is 48.6 Å². The molecule has 0 radical (unpaired) electrons. The first-order valence-electron chi connectivity index (χ1n) is 12.2. The maximum atomic E-state index is 16.0. The van der Waals surface area contributed by atoms with Gasteiger partial charge in [0.05, 0.1) is 10.9 Å². The van der Waals surface area contributed by atoms with E-state index < -0.39 is 12.0 Å². The fourth-order valence-corrected chi connectivity index (χ4v) is 5.85. The van der Waals surface area contributed by atoms with Crippen LogP contribution in [-0.2, 0) is 0 Å². The quantitative estimate of drug-likeness (QED) is 0.398. The van der Waals surface area contributed by atoms with Crippen molar-refractivity contribution >= 4 is 33.1 Å². The molecule has 2 aromatic heterocycles. The third kappa shape index (κ3) is 3.59. The van der Waals surface area contributed by atoms with Crippen molar-refractivity contribution in [3.05, 3.63) is 60.6 Å². The minimum absolute atomic E-state index is 0.0138. The number of rotatable bonds is 5. The average molecular weight is 488 g/mol. The van der Waals surface area contributed by atoms with Crippen LogP contribution >= 0.6 is 0 Å². The first kappa shape index (κ1) is 22.8. The van der Waals surface area contributed by atoms with E-state index >= 15 is 4.39 Å². The SMILES string of the molecule is C=C(C)c1cccc2cccc(-c3ncc4c(N)nc(OC[C@@]56CCCN5C[C@H](F)C6)nc4c3F)c12. The third-order valence-electron chi connectivity index (χ3n) is 7.54. The summed E-state index contributed by atoms with van der Waals surface area (Å²) in [6, 6.07) is 11.6. The van der Waals surface area contributed by atoms with Gasteiger partial charge >= 0.3 is 6.01 Å². The molecule has 0 unspecified atom stereocenters. The summed E-state index contributed by atoms with van der Waals surface area (Å²) in [5.74, 6) is -0.509. The highest BCUT2D eigenvalue weighted by Crippen LogP contribution is 2.41. The molecule has 0 bridgehead atoms. The van der Waals surface area contributed by atoms with Crippen LogP contribution in [0.3, 0.4) is 0 Å². The molecule has 2 N–H and O–H groups in total. The second-order valence-corrected chi connectivity index (χ2v) is 9.93. The zero-order valence-electron chi connectivity index (χ0n) is 20.1. The van der Waals surface area contributed by atoms with E-state index in [4.69, 9.17) is 10.5 Å². The number of aromatic nitrogens is 3. The lowest BCUT2D eigenvalue weighted by Gasteiger charge is -2.30. The molecule has 2 saturated heterocycles. The number of hydrogen-bond donors (Lipinski definition) is 1. The monoisotopic (exact) mass is 487 g/mol. The molecule has 2 aliphatic rings. The van der Waals surface area contributed by atoms with Gasteiger partial charge in [-0.25, -0.2) is 8.78 Å². The zero-order valence-corrected chi connectivity index (χ0v) is 20.1. The van der Waals surface area contributed by atoms with Gasteiger partial charge in [-0.15, -0.1) is 0 Å². The summed E-state index contributed by atoms with van der Waals surface area (Å²) in [4.78, 5) is 15.2. The molecular formula is C28H27F2N5O. The molecule has 4 heterocycles. The average Bonchev–Trinajstić information content (AvgIpc) is 3.38. The van der Waals surface area contributed by atoms with E-state index in [0.29, 0.717) is 23.9 Å². The summed E-state index contributed by atoms with van der Waals surface area (Å²) in [6.45, 7) is 7.53. The molecule has 6 rings (SSSR count). The number of allylic oxidation sites excluding steroid dienone is 1. The molecule has 8 heteroatoms. The van der Waals surface area contributed by atoms with Gasteiger partial charge in [-0.2, -0.15) is 9.97 Å². The van der Waals surface area contributed by atoms with Gasteiger partial charge in [-0.05, 0) is 42.6 Å². The van der Waals surface area contributed by atoms with Crippen molar-refractivity contribution < 1.29 is 13.5 Å². The molecule has 6 nitrogen and oxygen atoms in total. The molecule has 2 aliphatic heterocycles. The number of hydrogen-bond acceptors (Lipinski definition) is 6. The lowest BCUT2D eigenvalue weighted by molar-refractivity contribution is 0.107. The van der Waals surface area contributed by atoms with Crippen molar-refractivity contribution in [3.8, 4) is 17.3 Å². The van der Waals surface area contributed by atoms with Gasteiger partial charge in [0, 0.05) is 24.7 Å². The van der Waals surface area contributed by atoms with E-state index in [0.717, 1.165) is 41.3 Å². The van der Waals surface area contributed by atoms with Crippen LogP contribution in [0.2, 0.25) is 0 Å². The normalized spacial score (nSPS) is 21.8. The highest BCUT2D eigenvalue weighted by atomic mass is 19.1. The smallest absolute Gasteiger partial charge is 0.319 e. The van der Waals surface area contributed by atoms with Crippen molar-refractivity contribution in [1.29, 1.82) is 0 Å². The van der Waals surface area contributed by atoms with Gasteiger partial charge in [0.1, 0.15) is 29.8 Å². The maximum absolute atomic E-state index is 16.0. The number of nitrogen functional groups attached to an aromatic ring is 1.